The fourth-order valence-electron chi connectivity index (χ4n) is 2.14. The Bertz CT molecular complexity index is 448. The summed E-state index contributed by atoms with van der Waals surface area (Å²) in [4.78, 5) is 12.8. The van der Waals surface area contributed by atoms with Crippen LogP contribution in [0.1, 0.15) is 12.0 Å². The van der Waals surface area contributed by atoms with Gasteiger partial charge in [0.2, 0.25) is 0 Å². The summed E-state index contributed by atoms with van der Waals surface area (Å²) in [7, 11) is 0. The first-order valence-electron chi connectivity index (χ1n) is 5.58. The monoisotopic (exact) mass is 298 g/mol. The van der Waals surface area contributed by atoms with Crippen LogP contribution in [-0.2, 0) is 4.79 Å². The molecular formula is C12H15BrN2O2. The van der Waals surface area contributed by atoms with E-state index in [2.05, 4.69) is 21.2 Å². The lowest BCUT2D eigenvalue weighted by Crippen LogP contribution is -2.30. The van der Waals surface area contributed by atoms with Crippen LogP contribution in [0, 0.1) is 6.92 Å². The third kappa shape index (κ3) is 2.72. The van der Waals surface area contributed by atoms with Gasteiger partial charge in [-0.05, 0) is 31.0 Å². The van der Waals surface area contributed by atoms with Crippen LogP contribution in [0.25, 0.3) is 0 Å². The number of hydrogen-bond acceptors (Lipinski definition) is 3. The summed E-state index contributed by atoms with van der Waals surface area (Å²) in [5.41, 5.74) is 3.15. The largest absolute Gasteiger partial charge is 0.480 e. The number of aryl methyl sites for hydroxylation is 1. The smallest absolute Gasteiger partial charge is 0.323 e. The molecule has 1 heterocycles. The van der Waals surface area contributed by atoms with Crippen molar-refractivity contribution >= 4 is 33.3 Å². The number of halogens is 1. The number of aliphatic carboxylic acids is 1. The maximum atomic E-state index is 10.9. The second-order valence-electron chi connectivity index (χ2n) is 4.21. The normalized spacial score (nSPS) is 14.8. The van der Waals surface area contributed by atoms with E-state index >= 15 is 0 Å². The van der Waals surface area contributed by atoms with E-state index in [0.717, 1.165) is 40.9 Å². The molecule has 0 fully saturated rings. The number of rotatable bonds is 2. The van der Waals surface area contributed by atoms with Crippen molar-refractivity contribution in [1.29, 1.82) is 0 Å². The molecule has 1 aliphatic rings. The molecule has 1 aromatic rings. The zero-order valence-electron chi connectivity index (χ0n) is 9.66. The Morgan fingerprint density at radius 2 is 2.35 bits per heavy atom. The van der Waals surface area contributed by atoms with E-state index in [1.54, 1.807) is 0 Å². The Labute approximate surface area is 109 Å². The first-order chi connectivity index (χ1) is 8.08. The topological polar surface area (TPSA) is 52.6 Å². The lowest BCUT2D eigenvalue weighted by atomic mass is 10.1. The van der Waals surface area contributed by atoms with Crippen molar-refractivity contribution in [3.05, 3.63) is 22.2 Å². The lowest BCUT2D eigenvalue weighted by molar-refractivity contribution is -0.135. The van der Waals surface area contributed by atoms with E-state index in [1.165, 1.54) is 0 Å². The van der Waals surface area contributed by atoms with Crippen molar-refractivity contribution in [2.45, 2.75) is 13.3 Å². The van der Waals surface area contributed by atoms with Crippen molar-refractivity contribution in [3.63, 3.8) is 0 Å². The van der Waals surface area contributed by atoms with Crippen molar-refractivity contribution in [2.24, 2.45) is 0 Å². The number of benzene rings is 1. The van der Waals surface area contributed by atoms with Gasteiger partial charge in [0, 0.05) is 17.6 Å². The van der Waals surface area contributed by atoms with Crippen LogP contribution in [-0.4, -0.2) is 30.7 Å². The van der Waals surface area contributed by atoms with E-state index < -0.39 is 5.97 Å². The summed E-state index contributed by atoms with van der Waals surface area (Å²) >= 11 is 3.46. The molecule has 1 aliphatic heterocycles. The number of carboxylic acid groups (broad SMARTS) is 1. The van der Waals surface area contributed by atoms with Gasteiger partial charge in [-0.3, -0.25) is 4.79 Å². The van der Waals surface area contributed by atoms with Gasteiger partial charge in [0.15, 0.2) is 0 Å². The quantitative estimate of drug-likeness (QED) is 0.881. The number of nitrogens with one attached hydrogen (secondary N) is 1. The SMILES string of the molecule is Cc1cc(Br)cc2c1NCCCN2CC(=O)O. The van der Waals surface area contributed by atoms with Crippen LogP contribution in [0.2, 0.25) is 0 Å². The molecule has 0 spiro atoms. The minimum Gasteiger partial charge on any atom is -0.480 e. The highest BCUT2D eigenvalue weighted by molar-refractivity contribution is 9.10. The summed E-state index contributed by atoms with van der Waals surface area (Å²) in [5, 5.41) is 12.3. The second kappa shape index (κ2) is 4.96. The van der Waals surface area contributed by atoms with Gasteiger partial charge < -0.3 is 15.3 Å². The predicted octanol–water partition coefficient (Wildman–Crippen LogP) is 2.46. The molecule has 0 aliphatic carbocycles. The number of hydrogen-bond donors (Lipinski definition) is 2. The number of anilines is 2. The van der Waals surface area contributed by atoms with Crippen molar-refractivity contribution < 1.29 is 9.90 Å². The van der Waals surface area contributed by atoms with Crippen molar-refractivity contribution in [1.82, 2.24) is 0 Å². The van der Waals surface area contributed by atoms with Crippen molar-refractivity contribution in [3.8, 4) is 0 Å². The van der Waals surface area contributed by atoms with E-state index in [-0.39, 0.29) is 6.54 Å². The van der Waals surface area contributed by atoms with E-state index in [1.807, 2.05) is 24.0 Å². The molecule has 1 aromatic carbocycles. The Morgan fingerprint density at radius 1 is 1.59 bits per heavy atom. The highest BCUT2D eigenvalue weighted by Gasteiger charge is 2.19. The average Bonchev–Trinajstić information content (AvgIpc) is 2.41. The molecule has 0 unspecified atom stereocenters. The third-order valence-electron chi connectivity index (χ3n) is 2.85. The molecule has 0 atom stereocenters. The van der Waals surface area contributed by atoms with Gasteiger partial charge in [0.05, 0.1) is 11.4 Å². The number of carboxylic acids is 1. The highest BCUT2D eigenvalue weighted by Crippen LogP contribution is 2.34. The fourth-order valence-corrected chi connectivity index (χ4v) is 2.70. The van der Waals surface area contributed by atoms with Crippen LogP contribution in [0.15, 0.2) is 16.6 Å². The van der Waals surface area contributed by atoms with Gasteiger partial charge in [0.1, 0.15) is 6.54 Å². The maximum absolute atomic E-state index is 10.9. The molecule has 5 heteroatoms. The van der Waals surface area contributed by atoms with Gasteiger partial charge in [-0.2, -0.15) is 0 Å². The number of carbonyl (C=O) groups is 1. The molecule has 0 radical (unpaired) electrons. The van der Waals surface area contributed by atoms with Crippen molar-refractivity contribution in [2.75, 3.05) is 29.9 Å². The van der Waals surface area contributed by atoms with Gasteiger partial charge in [-0.25, -0.2) is 0 Å². The molecule has 0 aromatic heterocycles. The predicted molar refractivity (Wildman–Crippen MR) is 71.8 cm³/mol. The minimum atomic E-state index is -0.796. The van der Waals surface area contributed by atoms with Crippen LogP contribution in [0.4, 0.5) is 11.4 Å². The molecule has 0 saturated heterocycles. The first-order valence-corrected chi connectivity index (χ1v) is 6.38. The summed E-state index contributed by atoms with van der Waals surface area (Å²) in [6, 6.07) is 4.01. The second-order valence-corrected chi connectivity index (χ2v) is 5.13. The van der Waals surface area contributed by atoms with E-state index in [0.29, 0.717) is 0 Å². The summed E-state index contributed by atoms with van der Waals surface area (Å²) in [6.07, 6.45) is 0.943. The fraction of sp³-hybridized carbons (Fsp3) is 0.417. The molecule has 0 bridgehead atoms. The third-order valence-corrected chi connectivity index (χ3v) is 3.31. The summed E-state index contributed by atoms with van der Waals surface area (Å²) < 4.78 is 0.979. The molecule has 92 valence electrons. The number of fused-ring (bicyclic) bond motifs is 1. The average molecular weight is 299 g/mol. The minimum absolute atomic E-state index is 0.0462. The maximum Gasteiger partial charge on any atom is 0.323 e. The Balaban J connectivity index is 2.43. The molecule has 0 amide bonds. The van der Waals surface area contributed by atoms with E-state index in [9.17, 15) is 4.79 Å². The van der Waals surface area contributed by atoms with E-state index in [4.69, 9.17) is 5.11 Å². The Hall–Kier alpha value is -1.23. The Kier molecular flexibility index (Phi) is 3.57. The van der Waals surface area contributed by atoms with Gasteiger partial charge in [-0.1, -0.05) is 15.9 Å². The first kappa shape index (κ1) is 12.2. The zero-order chi connectivity index (χ0) is 12.4. The Morgan fingerprint density at radius 3 is 3.06 bits per heavy atom. The molecule has 0 saturated carbocycles. The molecule has 2 rings (SSSR count). The number of nitrogens with zero attached hydrogens (tertiary/aromatic N) is 1. The summed E-state index contributed by atoms with van der Waals surface area (Å²) in [6.45, 7) is 3.72. The zero-order valence-corrected chi connectivity index (χ0v) is 11.2. The molecule has 17 heavy (non-hydrogen) atoms. The van der Waals surface area contributed by atoms with Crippen LogP contribution >= 0.6 is 15.9 Å². The van der Waals surface area contributed by atoms with Crippen LogP contribution < -0.4 is 10.2 Å². The molecule has 2 N–H and O–H groups in total. The van der Waals surface area contributed by atoms with Gasteiger partial charge >= 0.3 is 5.97 Å². The standard InChI is InChI=1S/C12H15BrN2O2/c1-8-5-9(13)6-10-12(8)14-3-2-4-15(10)7-11(16)17/h5-6,14H,2-4,7H2,1H3,(H,16,17). The van der Waals surface area contributed by atoms with Crippen LogP contribution in [0.5, 0.6) is 0 Å². The lowest BCUT2D eigenvalue weighted by Gasteiger charge is -2.23. The van der Waals surface area contributed by atoms with Crippen LogP contribution in [0.3, 0.4) is 0 Å². The summed E-state index contributed by atoms with van der Waals surface area (Å²) in [5.74, 6) is -0.796. The molecule has 4 nitrogen and oxygen atoms in total. The highest BCUT2D eigenvalue weighted by atomic mass is 79.9. The molecular weight excluding hydrogens is 284 g/mol. The van der Waals surface area contributed by atoms with Gasteiger partial charge in [-0.15, -0.1) is 0 Å². The van der Waals surface area contributed by atoms with Gasteiger partial charge in [0.25, 0.3) is 0 Å².